The average Bonchev–Trinajstić information content (AvgIpc) is 3.64. The Hall–Kier alpha value is -5.02. The Kier molecular flexibility index (Phi) is 4.74. The van der Waals surface area contributed by atoms with Crippen LogP contribution in [0.1, 0.15) is 49.9 Å². The Morgan fingerprint density at radius 3 is 2.05 bits per heavy atom. The number of hydrogen-bond acceptors (Lipinski definition) is 2. The summed E-state index contributed by atoms with van der Waals surface area (Å²) in [4.78, 5) is 10.4. The van der Waals surface area contributed by atoms with Crippen LogP contribution >= 0.6 is 0 Å². The van der Waals surface area contributed by atoms with Crippen molar-refractivity contribution in [1.29, 1.82) is 0 Å². The van der Waals surface area contributed by atoms with Gasteiger partial charge < -0.3 is 0 Å². The van der Waals surface area contributed by atoms with Crippen molar-refractivity contribution in [3.63, 3.8) is 0 Å². The van der Waals surface area contributed by atoms with Gasteiger partial charge in [-0.05, 0) is 68.8 Å². The minimum atomic E-state index is -0.0747. The molecule has 0 spiro atoms. The fourth-order valence-electron chi connectivity index (χ4n) is 7.84. The maximum atomic E-state index is 5.30. The van der Waals surface area contributed by atoms with Crippen LogP contribution in [-0.2, 0) is 10.8 Å². The number of para-hydroxylation sites is 1. The van der Waals surface area contributed by atoms with E-state index in [0.29, 0.717) is 5.95 Å². The highest BCUT2D eigenvalue weighted by molar-refractivity contribution is 6.02. The minimum absolute atomic E-state index is 0.0319. The molecule has 0 aliphatic heterocycles. The molecule has 2 aliphatic rings. The first-order valence-electron chi connectivity index (χ1n) is 15.1. The topological polar surface area (TPSA) is 30.7 Å². The molecule has 0 atom stereocenters. The lowest BCUT2D eigenvalue weighted by Crippen LogP contribution is -2.15. The van der Waals surface area contributed by atoms with E-state index in [1.165, 1.54) is 49.9 Å². The van der Waals surface area contributed by atoms with Crippen molar-refractivity contribution in [1.82, 2.24) is 14.5 Å². The largest absolute Gasteiger partial charge is 0.285 e. The van der Waals surface area contributed by atoms with Crippen molar-refractivity contribution >= 4 is 21.8 Å². The summed E-state index contributed by atoms with van der Waals surface area (Å²) >= 11 is 0. The first kappa shape index (κ1) is 24.6. The van der Waals surface area contributed by atoms with Gasteiger partial charge in [0.05, 0.1) is 16.7 Å². The van der Waals surface area contributed by atoms with Crippen LogP contribution in [0.2, 0.25) is 0 Å². The fraction of sp³-hybridized carbons (Fsp3) is 0.150. The van der Waals surface area contributed by atoms with Crippen LogP contribution in [0.5, 0.6) is 0 Å². The van der Waals surface area contributed by atoms with Crippen molar-refractivity contribution in [2.45, 2.75) is 38.5 Å². The number of hydrogen-bond donors (Lipinski definition) is 0. The maximum absolute atomic E-state index is 5.30. The van der Waals surface area contributed by atoms with Crippen LogP contribution in [0.25, 0.3) is 61.3 Å². The molecule has 43 heavy (non-hydrogen) atoms. The molecule has 0 bridgehead atoms. The summed E-state index contributed by atoms with van der Waals surface area (Å²) in [5, 5.41) is 2.30. The van der Waals surface area contributed by atoms with Crippen LogP contribution in [0.4, 0.5) is 0 Å². The quantitative estimate of drug-likeness (QED) is 0.213. The number of rotatable bonds is 2. The van der Waals surface area contributed by atoms with Gasteiger partial charge in [-0.25, -0.2) is 9.97 Å². The van der Waals surface area contributed by atoms with Crippen molar-refractivity contribution < 1.29 is 0 Å². The Morgan fingerprint density at radius 1 is 0.535 bits per heavy atom. The standard InChI is InChI=1S/C40H31N3/c1-39(2)31-15-9-6-12-27(31)36-29-21-22-43(35(29)20-19-32(36)39)38-41-34-16-10-7-13-28(34)37(42-38)24-17-18-26-25-11-5-8-14-30(25)40(3,4)33(26)23-24/h5-23H,1-4H3. The van der Waals surface area contributed by atoms with Crippen molar-refractivity contribution in [2.75, 3.05) is 0 Å². The minimum Gasteiger partial charge on any atom is -0.285 e. The highest BCUT2D eigenvalue weighted by Crippen LogP contribution is 2.52. The highest BCUT2D eigenvalue weighted by Gasteiger charge is 2.37. The second-order valence-electron chi connectivity index (χ2n) is 13.1. The molecule has 2 aliphatic carbocycles. The zero-order valence-electron chi connectivity index (χ0n) is 24.8. The molecular weight excluding hydrogens is 522 g/mol. The fourth-order valence-corrected chi connectivity index (χ4v) is 7.84. The first-order chi connectivity index (χ1) is 20.8. The normalized spacial score (nSPS) is 15.3. The monoisotopic (exact) mass is 553 g/mol. The lowest BCUT2D eigenvalue weighted by Gasteiger charge is -2.22. The van der Waals surface area contributed by atoms with E-state index in [-0.39, 0.29) is 10.8 Å². The Morgan fingerprint density at radius 2 is 1.21 bits per heavy atom. The highest BCUT2D eigenvalue weighted by atomic mass is 15.1. The van der Waals surface area contributed by atoms with Gasteiger partial charge in [-0.1, -0.05) is 113 Å². The Labute approximate surface area is 251 Å². The lowest BCUT2D eigenvalue weighted by molar-refractivity contribution is 0.660. The summed E-state index contributed by atoms with van der Waals surface area (Å²) in [7, 11) is 0. The van der Waals surface area contributed by atoms with Crippen LogP contribution in [0.3, 0.4) is 0 Å². The third-order valence-corrected chi connectivity index (χ3v) is 10.1. The summed E-state index contributed by atoms with van der Waals surface area (Å²) in [6.45, 7) is 9.31. The first-order valence-corrected chi connectivity index (χ1v) is 15.1. The van der Waals surface area contributed by atoms with Gasteiger partial charge in [-0.3, -0.25) is 4.57 Å². The molecule has 0 saturated carbocycles. The summed E-state index contributed by atoms with van der Waals surface area (Å²) < 4.78 is 2.16. The van der Waals surface area contributed by atoms with E-state index in [4.69, 9.17) is 9.97 Å². The molecule has 0 radical (unpaired) electrons. The van der Waals surface area contributed by atoms with Crippen LogP contribution < -0.4 is 0 Å². The third-order valence-electron chi connectivity index (χ3n) is 10.1. The molecule has 2 heterocycles. The van der Waals surface area contributed by atoms with E-state index in [2.05, 4.69) is 148 Å². The Bertz CT molecular complexity index is 2300. The average molecular weight is 554 g/mol. The SMILES string of the molecule is CC1(C)c2ccccc2-c2ccc(-c3nc(-n4ccc5c6c(ccc54)C(C)(C)c4ccccc4-6)nc4ccccc34)cc21. The molecule has 206 valence electrons. The third kappa shape index (κ3) is 3.20. The van der Waals surface area contributed by atoms with Crippen molar-refractivity contribution in [3.05, 3.63) is 138 Å². The molecule has 9 rings (SSSR count). The number of aromatic nitrogens is 3. The predicted molar refractivity (Wildman–Crippen MR) is 177 cm³/mol. The number of benzene rings is 5. The van der Waals surface area contributed by atoms with E-state index in [0.717, 1.165) is 27.7 Å². The number of nitrogens with zero attached hydrogens (tertiary/aromatic N) is 3. The van der Waals surface area contributed by atoms with Crippen LogP contribution in [-0.4, -0.2) is 14.5 Å². The molecule has 0 amide bonds. The predicted octanol–water partition coefficient (Wildman–Crippen LogP) is 9.85. The van der Waals surface area contributed by atoms with Crippen LogP contribution in [0.15, 0.2) is 115 Å². The summed E-state index contributed by atoms with van der Waals surface area (Å²) in [6, 6.07) is 39.6. The zero-order valence-corrected chi connectivity index (χ0v) is 24.8. The van der Waals surface area contributed by atoms with E-state index in [9.17, 15) is 0 Å². The van der Waals surface area contributed by atoms with E-state index >= 15 is 0 Å². The zero-order chi connectivity index (χ0) is 29.1. The molecule has 5 aromatic carbocycles. The molecule has 0 N–H and O–H groups in total. The van der Waals surface area contributed by atoms with Gasteiger partial charge in [0.15, 0.2) is 0 Å². The second kappa shape index (κ2) is 8.29. The van der Waals surface area contributed by atoms with E-state index in [1.807, 2.05) is 0 Å². The van der Waals surface area contributed by atoms with Crippen molar-refractivity contribution in [2.24, 2.45) is 0 Å². The smallest absolute Gasteiger partial charge is 0.235 e. The maximum Gasteiger partial charge on any atom is 0.235 e. The van der Waals surface area contributed by atoms with Gasteiger partial charge >= 0.3 is 0 Å². The summed E-state index contributed by atoms with van der Waals surface area (Å²) in [6.07, 6.45) is 2.13. The summed E-state index contributed by atoms with van der Waals surface area (Å²) in [5.74, 6) is 0.692. The molecule has 0 saturated heterocycles. The molecular formula is C40H31N3. The van der Waals surface area contributed by atoms with Gasteiger partial charge in [-0.15, -0.1) is 0 Å². The van der Waals surface area contributed by atoms with Gasteiger partial charge in [0.25, 0.3) is 0 Å². The molecule has 3 heteroatoms. The molecule has 7 aromatic rings. The second-order valence-corrected chi connectivity index (χ2v) is 13.1. The molecule has 3 nitrogen and oxygen atoms in total. The van der Waals surface area contributed by atoms with Gasteiger partial charge in [0.2, 0.25) is 5.95 Å². The van der Waals surface area contributed by atoms with Gasteiger partial charge in [0, 0.05) is 33.4 Å². The molecule has 0 unspecified atom stereocenters. The van der Waals surface area contributed by atoms with Crippen molar-refractivity contribution in [3.8, 4) is 39.5 Å². The van der Waals surface area contributed by atoms with Crippen LogP contribution in [0, 0.1) is 0 Å². The van der Waals surface area contributed by atoms with E-state index in [1.54, 1.807) is 0 Å². The molecule has 2 aromatic heterocycles. The van der Waals surface area contributed by atoms with Gasteiger partial charge in [-0.2, -0.15) is 0 Å². The summed E-state index contributed by atoms with van der Waals surface area (Å²) in [5.41, 5.74) is 14.8. The van der Waals surface area contributed by atoms with Gasteiger partial charge in [0.1, 0.15) is 0 Å². The molecule has 0 fully saturated rings. The number of fused-ring (bicyclic) bond motifs is 9. The lowest BCUT2D eigenvalue weighted by atomic mass is 9.82. The Balaban J connectivity index is 1.25. The van der Waals surface area contributed by atoms with E-state index < -0.39 is 0 Å².